The molecule has 0 aliphatic carbocycles. The van der Waals surface area contributed by atoms with E-state index in [1.807, 2.05) is 6.07 Å². The first-order chi connectivity index (χ1) is 12.2. The van der Waals surface area contributed by atoms with E-state index in [0.29, 0.717) is 36.1 Å². The van der Waals surface area contributed by atoms with Gasteiger partial charge in [-0.05, 0) is 12.1 Å². The zero-order valence-corrected chi connectivity index (χ0v) is 14.3. The summed E-state index contributed by atoms with van der Waals surface area (Å²) in [5.74, 6) is 0.449. The Morgan fingerprint density at radius 3 is 3.00 bits per heavy atom. The quantitative estimate of drug-likeness (QED) is 0.498. The van der Waals surface area contributed by atoms with Gasteiger partial charge in [-0.25, -0.2) is 9.78 Å². The third kappa shape index (κ3) is 6.76. The molecule has 8 nitrogen and oxygen atoms in total. The summed E-state index contributed by atoms with van der Waals surface area (Å²) in [6.45, 7) is 1.29. The molecule has 0 spiro atoms. The largest absolute Gasteiger partial charge is 0.489 e. The molecule has 0 bridgehead atoms. The first-order valence-electron chi connectivity index (χ1n) is 7.64. The normalized spacial score (nSPS) is 11.4. The number of thiazole rings is 1. The van der Waals surface area contributed by atoms with Crippen LogP contribution in [0.2, 0.25) is 0 Å². The van der Waals surface area contributed by atoms with Crippen LogP contribution >= 0.6 is 11.3 Å². The van der Waals surface area contributed by atoms with Gasteiger partial charge in [0, 0.05) is 31.2 Å². The Bertz CT molecular complexity index is 702. The van der Waals surface area contributed by atoms with Crippen LogP contribution in [0.25, 0.3) is 0 Å². The summed E-state index contributed by atoms with van der Waals surface area (Å²) in [5.41, 5.74) is 0.429. The minimum atomic E-state index is -0.726. The average Bonchev–Trinajstić information content (AvgIpc) is 3.12. The second-order valence-corrected chi connectivity index (χ2v) is 5.89. The Morgan fingerprint density at radius 2 is 2.24 bits per heavy atom. The number of carbonyl (C=O) groups is 1. The summed E-state index contributed by atoms with van der Waals surface area (Å²) in [5, 5.41) is 29.4. The molecule has 1 aromatic carbocycles. The highest BCUT2D eigenvalue weighted by Gasteiger charge is 2.08. The molecule has 0 saturated carbocycles. The SMILES string of the molecule is N#Cc1ccccc1OC[C@@H](O)CNCCNC(=O)Nc1nccs1. The van der Waals surface area contributed by atoms with Crippen molar-refractivity contribution >= 4 is 22.5 Å². The van der Waals surface area contributed by atoms with E-state index in [-0.39, 0.29) is 12.6 Å². The van der Waals surface area contributed by atoms with E-state index in [1.165, 1.54) is 11.3 Å². The summed E-state index contributed by atoms with van der Waals surface area (Å²) < 4.78 is 5.45. The van der Waals surface area contributed by atoms with Gasteiger partial charge < -0.3 is 20.5 Å². The van der Waals surface area contributed by atoms with Crippen LogP contribution in [0, 0.1) is 11.3 Å². The van der Waals surface area contributed by atoms with Gasteiger partial charge >= 0.3 is 6.03 Å². The highest BCUT2D eigenvalue weighted by atomic mass is 32.1. The van der Waals surface area contributed by atoms with E-state index in [9.17, 15) is 9.90 Å². The zero-order chi connectivity index (χ0) is 17.9. The molecular formula is C16H19N5O3S. The van der Waals surface area contributed by atoms with Gasteiger partial charge in [0.05, 0.1) is 5.56 Å². The molecule has 1 atom stereocenters. The van der Waals surface area contributed by atoms with Gasteiger partial charge in [-0.2, -0.15) is 5.26 Å². The van der Waals surface area contributed by atoms with E-state index in [4.69, 9.17) is 10.00 Å². The van der Waals surface area contributed by atoms with Gasteiger partial charge in [-0.3, -0.25) is 5.32 Å². The molecule has 0 aliphatic heterocycles. The highest BCUT2D eigenvalue weighted by molar-refractivity contribution is 7.13. The Hall–Kier alpha value is -2.67. The number of aliphatic hydroxyl groups excluding tert-OH is 1. The molecule has 0 unspecified atom stereocenters. The number of aliphatic hydroxyl groups is 1. The van der Waals surface area contributed by atoms with Crippen molar-refractivity contribution < 1.29 is 14.6 Å². The molecule has 2 rings (SSSR count). The molecular weight excluding hydrogens is 342 g/mol. The molecule has 25 heavy (non-hydrogen) atoms. The molecule has 132 valence electrons. The third-order valence-corrected chi connectivity index (χ3v) is 3.75. The zero-order valence-electron chi connectivity index (χ0n) is 13.4. The first kappa shape index (κ1) is 18.7. The predicted molar refractivity (Wildman–Crippen MR) is 94.7 cm³/mol. The van der Waals surface area contributed by atoms with Gasteiger partial charge in [-0.1, -0.05) is 12.1 Å². The minimum Gasteiger partial charge on any atom is -0.489 e. The number of nitrogens with one attached hydrogen (secondary N) is 3. The Kier molecular flexibility index (Phi) is 7.65. The lowest BCUT2D eigenvalue weighted by Gasteiger charge is -2.14. The molecule has 0 aliphatic rings. The molecule has 0 radical (unpaired) electrons. The molecule has 1 aromatic heterocycles. The summed E-state index contributed by atoms with van der Waals surface area (Å²) in [7, 11) is 0. The Balaban J connectivity index is 1.55. The second-order valence-electron chi connectivity index (χ2n) is 5.00. The van der Waals surface area contributed by atoms with Crippen LogP contribution in [0.3, 0.4) is 0 Å². The number of aromatic nitrogens is 1. The number of benzene rings is 1. The predicted octanol–water partition coefficient (Wildman–Crippen LogP) is 1.17. The van der Waals surface area contributed by atoms with Crippen molar-refractivity contribution in [3.63, 3.8) is 0 Å². The highest BCUT2D eigenvalue weighted by Crippen LogP contribution is 2.16. The number of ether oxygens (including phenoxy) is 1. The van der Waals surface area contributed by atoms with Gasteiger partial charge in [0.1, 0.15) is 24.5 Å². The number of anilines is 1. The lowest BCUT2D eigenvalue weighted by atomic mass is 10.2. The Morgan fingerprint density at radius 1 is 1.40 bits per heavy atom. The van der Waals surface area contributed by atoms with Crippen LogP contribution in [-0.4, -0.2) is 48.5 Å². The molecule has 2 aromatic rings. The summed E-state index contributed by atoms with van der Waals surface area (Å²) in [4.78, 5) is 15.5. The van der Waals surface area contributed by atoms with E-state index >= 15 is 0 Å². The first-order valence-corrected chi connectivity index (χ1v) is 8.52. The number of rotatable bonds is 9. The number of hydrogen-bond donors (Lipinski definition) is 4. The van der Waals surface area contributed by atoms with Crippen molar-refractivity contribution in [2.24, 2.45) is 0 Å². The van der Waals surface area contributed by atoms with Crippen LogP contribution in [0.4, 0.5) is 9.93 Å². The van der Waals surface area contributed by atoms with Crippen molar-refractivity contribution in [2.45, 2.75) is 6.10 Å². The number of nitriles is 1. The lowest BCUT2D eigenvalue weighted by molar-refractivity contribution is 0.106. The third-order valence-electron chi connectivity index (χ3n) is 3.06. The molecule has 4 N–H and O–H groups in total. The maximum absolute atomic E-state index is 11.5. The van der Waals surface area contributed by atoms with Crippen molar-refractivity contribution in [1.82, 2.24) is 15.6 Å². The van der Waals surface area contributed by atoms with Crippen molar-refractivity contribution in [2.75, 3.05) is 31.6 Å². The van der Waals surface area contributed by atoms with Crippen molar-refractivity contribution in [1.29, 1.82) is 5.26 Å². The van der Waals surface area contributed by atoms with E-state index < -0.39 is 6.10 Å². The van der Waals surface area contributed by atoms with Crippen LogP contribution in [0.5, 0.6) is 5.75 Å². The summed E-state index contributed by atoms with van der Waals surface area (Å²) >= 11 is 1.34. The summed E-state index contributed by atoms with van der Waals surface area (Å²) in [6.07, 6.45) is 0.885. The number of hydrogen-bond acceptors (Lipinski definition) is 7. The van der Waals surface area contributed by atoms with E-state index in [1.54, 1.807) is 35.8 Å². The summed E-state index contributed by atoms with van der Waals surface area (Å²) in [6, 6.07) is 8.57. The monoisotopic (exact) mass is 361 g/mol. The van der Waals surface area contributed by atoms with Gasteiger partial charge in [0.25, 0.3) is 0 Å². The van der Waals surface area contributed by atoms with Crippen molar-refractivity contribution in [3.8, 4) is 11.8 Å². The van der Waals surface area contributed by atoms with E-state index in [2.05, 4.69) is 20.9 Å². The number of para-hydroxylation sites is 1. The maximum Gasteiger partial charge on any atom is 0.321 e. The van der Waals surface area contributed by atoms with Gasteiger partial charge in [0.15, 0.2) is 5.13 Å². The maximum atomic E-state index is 11.5. The fourth-order valence-corrected chi connectivity index (χ4v) is 2.41. The number of nitrogens with zero attached hydrogens (tertiary/aromatic N) is 2. The molecule has 2 amide bonds. The lowest BCUT2D eigenvalue weighted by Crippen LogP contribution is -2.38. The average molecular weight is 361 g/mol. The topological polar surface area (TPSA) is 119 Å². The van der Waals surface area contributed by atoms with Gasteiger partial charge in [0.2, 0.25) is 0 Å². The minimum absolute atomic E-state index is 0.0731. The molecule has 9 heteroatoms. The number of amides is 2. The van der Waals surface area contributed by atoms with Crippen LogP contribution in [0.15, 0.2) is 35.8 Å². The number of carbonyl (C=O) groups excluding carboxylic acids is 1. The van der Waals surface area contributed by atoms with Crippen LogP contribution in [0.1, 0.15) is 5.56 Å². The second kappa shape index (κ2) is 10.2. The van der Waals surface area contributed by atoms with Gasteiger partial charge in [-0.15, -0.1) is 11.3 Å². The van der Waals surface area contributed by atoms with E-state index in [0.717, 1.165) is 0 Å². The fourth-order valence-electron chi connectivity index (χ4n) is 1.89. The fraction of sp³-hybridized carbons (Fsp3) is 0.312. The van der Waals surface area contributed by atoms with Crippen LogP contribution < -0.4 is 20.7 Å². The molecule has 0 saturated heterocycles. The smallest absolute Gasteiger partial charge is 0.321 e. The standard InChI is InChI=1S/C16H19N5O3S/c17-9-12-3-1-2-4-14(12)24-11-13(22)10-18-5-6-19-15(23)21-16-20-7-8-25-16/h1-4,7-8,13,18,22H,5-6,10-11H2,(H2,19,20,21,23)/t13-/m0/s1. The molecule has 0 fully saturated rings. The number of urea groups is 1. The Labute approximate surface area is 149 Å². The van der Waals surface area contributed by atoms with Crippen LogP contribution in [-0.2, 0) is 0 Å². The van der Waals surface area contributed by atoms with Crippen molar-refractivity contribution in [3.05, 3.63) is 41.4 Å². The molecule has 1 heterocycles.